The fourth-order valence-corrected chi connectivity index (χ4v) is 3.18. The Morgan fingerprint density at radius 3 is 2.08 bits per heavy atom. The van der Waals surface area contributed by atoms with Gasteiger partial charge in [-0.05, 0) is 18.1 Å². The molecular formula is C19H24N2O3S. The van der Waals surface area contributed by atoms with Gasteiger partial charge in [0.15, 0.2) is 0 Å². The molecule has 0 N–H and O–H groups in total. The molecule has 1 amide bonds. The maximum Gasteiger partial charge on any atom is 0.245 e. The molecule has 134 valence electrons. The zero-order valence-corrected chi connectivity index (χ0v) is 15.8. The number of nitrogens with zero attached hydrogens (tertiary/aromatic N) is 2. The van der Waals surface area contributed by atoms with Crippen molar-refractivity contribution in [1.82, 2.24) is 9.21 Å². The van der Waals surface area contributed by atoms with Gasteiger partial charge in [0.25, 0.3) is 0 Å². The van der Waals surface area contributed by atoms with Gasteiger partial charge < -0.3 is 4.90 Å². The molecule has 0 bridgehead atoms. The van der Waals surface area contributed by atoms with Crippen LogP contribution in [0.5, 0.6) is 0 Å². The molecule has 0 radical (unpaired) electrons. The summed E-state index contributed by atoms with van der Waals surface area (Å²) in [5, 5.41) is 0. The Hall–Kier alpha value is -2.18. The molecule has 0 aromatic heterocycles. The SMILES string of the molecule is Cc1ccc(CN(C)C(=O)C(c2ccccc2)N(C)S(C)(=O)=O)cc1. The van der Waals surface area contributed by atoms with Crippen LogP contribution in [0, 0.1) is 6.92 Å². The fourth-order valence-electron chi connectivity index (χ4n) is 2.59. The first-order valence-corrected chi connectivity index (χ1v) is 9.83. The van der Waals surface area contributed by atoms with Gasteiger partial charge in [-0.2, -0.15) is 4.31 Å². The van der Waals surface area contributed by atoms with Crippen LogP contribution in [0.3, 0.4) is 0 Å². The van der Waals surface area contributed by atoms with Gasteiger partial charge in [-0.1, -0.05) is 60.2 Å². The number of sulfonamides is 1. The second-order valence-corrected chi connectivity index (χ2v) is 8.31. The second kappa shape index (κ2) is 7.80. The Kier molecular flexibility index (Phi) is 5.98. The van der Waals surface area contributed by atoms with Crippen LogP contribution in [0.1, 0.15) is 22.7 Å². The number of rotatable bonds is 6. The van der Waals surface area contributed by atoms with Crippen LogP contribution in [-0.4, -0.2) is 43.9 Å². The number of carbonyl (C=O) groups is 1. The summed E-state index contributed by atoms with van der Waals surface area (Å²) in [6.07, 6.45) is 1.11. The number of likely N-dealkylation sites (N-methyl/N-ethyl adjacent to an activating group) is 2. The molecule has 0 fully saturated rings. The number of benzene rings is 2. The molecule has 2 aromatic carbocycles. The van der Waals surface area contributed by atoms with Gasteiger partial charge in [0.05, 0.1) is 6.26 Å². The van der Waals surface area contributed by atoms with Crippen LogP contribution in [0.2, 0.25) is 0 Å². The highest BCUT2D eigenvalue weighted by atomic mass is 32.2. The van der Waals surface area contributed by atoms with E-state index in [-0.39, 0.29) is 5.91 Å². The van der Waals surface area contributed by atoms with E-state index in [9.17, 15) is 13.2 Å². The third-order valence-corrected chi connectivity index (χ3v) is 5.41. The maximum absolute atomic E-state index is 13.0. The zero-order valence-electron chi connectivity index (χ0n) is 15.0. The van der Waals surface area contributed by atoms with E-state index in [4.69, 9.17) is 0 Å². The summed E-state index contributed by atoms with van der Waals surface area (Å²) < 4.78 is 25.2. The van der Waals surface area contributed by atoms with Gasteiger partial charge in [-0.25, -0.2) is 8.42 Å². The molecule has 25 heavy (non-hydrogen) atoms. The van der Waals surface area contributed by atoms with E-state index in [0.29, 0.717) is 12.1 Å². The molecule has 0 aliphatic heterocycles. The molecule has 1 unspecified atom stereocenters. The Balaban J connectivity index is 2.29. The average molecular weight is 360 g/mol. The maximum atomic E-state index is 13.0. The van der Waals surface area contributed by atoms with E-state index < -0.39 is 16.1 Å². The smallest absolute Gasteiger partial charge is 0.245 e. The van der Waals surface area contributed by atoms with Gasteiger partial charge in [-0.3, -0.25) is 4.79 Å². The largest absolute Gasteiger partial charge is 0.340 e. The highest BCUT2D eigenvalue weighted by molar-refractivity contribution is 7.88. The highest BCUT2D eigenvalue weighted by Crippen LogP contribution is 2.24. The predicted octanol–water partition coefficient (Wildman–Crippen LogP) is 2.59. The van der Waals surface area contributed by atoms with E-state index >= 15 is 0 Å². The summed E-state index contributed by atoms with van der Waals surface area (Å²) in [6.45, 7) is 2.42. The summed E-state index contributed by atoms with van der Waals surface area (Å²) in [4.78, 5) is 14.6. The number of carbonyl (C=O) groups excluding carboxylic acids is 1. The monoisotopic (exact) mass is 360 g/mol. The molecule has 2 aromatic rings. The van der Waals surface area contributed by atoms with Crippen LogP contribution in [0.25, 0.3) is 0 Å². The first kappa shape index (κ1) is 19.1. The lowest BCUT2D eigenvalue weighted by molar-refractivity contribution is -0.134. The van der Waals surface area contributed by atoms with Crippen molar-refractivity contribution in [2.45, 2.75) is 19.5 Å². The van der Waals surface area contributed by atoms with E-state index in [1.807, 2.05) is 37.3 Å². The number of hydrogen-bond acceptors (Lipinski definition) is 3. The molecule has 0 saturated carbocycles. The van der Waals surface area contributed by atoms with Crippen molar-refractivity contribution in [2.75, 3.05) is 20.4 Å². The Labute approximate surface area is 149 Å². The van der Waals surface area contributed by atoms with Crippen molar-refractivity contribution in [1.29, 1.82) is 0 Å². The van der Waals surface area contributed by atoms with Crippen LogP contribution in [-0.2, 0) is 21.4 Å². The topological polar surface area (TPSA) is 57.7 Å². The van der Waals surface area contributed by atoms with Gasteiger partial charge in [0.1, 0.15) is 6.04 Å². The lowest BCUT2D eigenvalue weighted by Gasteiger charge is -2.29. The van der Waals surface area contributed by atoms with Crippen LogP contribution < -0.4 is 0 Å². The van der Waals surface area contributed by atoms with Crippen molar-refractivity contribution in [3.05, 3.63) is 71.3 Å². The molecule has 0 spiro atoms. The third kappa shape index (κ3) is 4.90. The van der Waals surface area contributed by atoms with Crippen molar-refractivity contribution in [3.8, 4) is 0 Å². The molecule has 5 nitrogen and oxygen atoms in total. The first-order chi connectivity index (χ1) is 11.7. The molecule has 0 heterocycles. The van der Waals surface area contributed by atoms with Gasteiger partial charge in [0.2, 0.25) is 15.9 Å². The third-order valence-electron chi connectivity index (χ3n) is 4.15. The normalized spacial score (nSPS) is 12.8. The minimum absolute atomic E-state index is 0.264. The van der Waals surface area contributed by atoms with Crippen LogP contribution in [0.4, 0.5) is 0 Å². The zero-order chi connectivity index (χ0) is 18.6. The van der Waals surface area contributed by atoms with E-state index in [1.165, 1.54) is 7.05 Å². The van der Waals surface area contributed by atoms with E-state index in [1.54, 1.807) is 36.2 Å². The lowest BCUT2D eigenvalue weighted by atomic mass is 10.1. The van der Waals surface area contributed by atoms with E-state index in [0.717, 1.165) is 21.7 Å². The average Bonchev–Trinajstić information content (AvgIpc) is 2.57. The standard InChI is InChI=1S/C19H24N2O3S/c1-15-10-12-16(13-11-15)14-20(2)19(22)18(21(3)25(4,23)24)17-8-6-5-7-9-17/h5-13,18H,14H2,1-4H3. The summed E-state index contributed by atoms with van der Waals surface area (Å²) in [5.74, 6) is -0.264. The number of aryl methyl sites for hydroxylation is 1. The summed E-state index contributed by atoms with van der Waals surface area (Å²) in [7, 11) is -0.397. The molecule has 6 heteroatoms. The molecule has 1 atom stereocenters. The van der Waals surface area contributed by atoms with Crippen molar-refractivity contribution < 1.29 is 13.2 Å². The quantitative estimate of drug-likeness (QED) is 0.796. The van der Waals surface area contributed by atoms with Crippen molar-refractivity contribution in [2.24, 2.45) is 0 Å². The minimum Gasteiger partial charge on any atom is -0.340 e. The van der Waals surface area contributed by atoms with Gasteiger partial charge in [-0.15, -0.1) is 0 Å². The minimum atomic E-state index is -3.52. The van der Waals surface area contributed by atoms with Crippen LogP contribution in [0.15, 0.2) is 54.6 Å². The number of hydrogen-bond donors (Lipinski definition) is 0. The predicted molar refractivity (Wildman–Crippen MR) is 99.4 cm³/mol. The Bertz CT molecular complexity index is 818. The van der Waals surface area contributed by atoms with Crippen LogP contribution >= 0.6 is 0 Å². The summed E-state index contributed by atoms with van der Waals surface area (Å²) >= 11 is 0. The second-order valence-electron chi connectivity index (χ2n) is 6.27. The molecular weight excluding hydrogens is 336 g/mol. The van der Waals surface area contributed by atoms with Crippen molar-refractivity contribution in [3.63, 3.8) is 0 Å². The highest BCUT2D eigenvalue weighted by Gasteiger charge is 2.32. The molecule has 0 aliphatic rings. The van der Waals surface area contributed by atoms with E-state index in [2.05, 4.69) is 0 Å². The van der Waals surface area contributed by atoms with Crippen molar-refractivity contribution >= 4 is 15.9 Å². The van der Waals surface area contributed by atoms with Gasteiger partial charge in [0, 0.05) is 20.6 Å². The lowest BCUT2D eigenvalue weighted by Crippen LogP contribution is -2.41. The fraction of sp³-hybridized carbons (Fsp3) is 0.316. The first-order valence-electron chi connectivity index (χ1n) is 7.98. The number of amides is 1. The summed E-state index contributed by atoms with van der Waals surface area (Å²) in [5.41, 5.74) is 2.79. The Morgan fingerprint density at radius 1 is 1.00 bits per heavy atom. The van der Waals surface area contributed by atoms with Gasteiger partial charge >= 0.3 is 0 Å². The Morgan fingerprint density at radius 2 is 1.56 bits per heavy atom. The molecule has 0 aliphatic carbocycles. The summed E-state index contributed by atoms with van der Waals surface area (Å²) in [6, 6.07) is 16.0. The molecule has 2 rings (SSSR count). The molecule has 0 saturated heterocycles.